The summed E-state index contributed by atoms with van der Waals surface area (Å²) in [6.45, 7) is 11.7. The van der Waals surface area contributed by atoms with Crippen LogP contribution in [-0.2, 0) is 4.74 Å². The molecular formula is C17H33IN4O. The third-order valence-corrected chi connectivity index (χ3v) is 5.32. The minimum absolute atomic E-state index is 0. The molecule has 23 heavy (non-hydrogen) atoms. The number of fused-ring (bicyclic) bond motifs is 1. The van der Waals surface area contributed by atoms with E-state index < -0.39 is 0 Å². The van der Waals surface area contributed by atoms with Crippen molar-refractivity contribution < 1.29 is 4.74 Å². The topological polar surface area (TPSA) is 40.1 Å². The van der Waals surface area contributed by atoms with Crippen LogP contribution in [0.4, 0.5) is 0 Å². The highest BCUT2D eigenvalue weighted by molar-refractivity contribution is 14.0. The number of morpholine rings is 1. The number of rotatable bonds is 3. The van der Waals surface area contributed by atoms with E-state index in [0.717, 1.165) is 51.2 Å². The molecule has 0 amide bonds. The first kappa shape index (κ1) is 19.2. The summed E-state index contributed by atoms with van der Waals surface area (Å²) in [6, 6.07) is 0.678. The molecule has 3 heterocycles. The van der Waals surface area contributed by atoms with Crippen LogP contribution < -0.4 is 5.32 Å². The van der Waals surface area contributed by atoms with E-state index in [1.807, 2.05) is 0 Å². The van der Waals surface area contributed by atoms with E-state index in [4.69, 9.17) is 9.73 Å². The summed E-state index contributed by atoms with van der Waals surface area (Å²) in [4.78, 5) is 9.90. The number of piperidine rings is 1. The van der Waals surface area contributed by atoms with Crippen molar-refractivity contribution in [2.24, 2.45) is 10.9 Å². The molecule has 3 saturated heterocycles. The molecule has 6 heteroatoms. The highest BCUT2D eigenvalue weighted by atomic mass is 127. The van der Waals surface area contributed by atoms with Crippen LogP contribution in [0.25, 0.3) is 0 Å². The summed E-state index contributed by atoms with van der Waals surface area (Å²) in [6.07, 6.45) is 5.47. The normalized spacial score (nSPS) is 30.0. The van der Waals surface area contributed by atoms with Gasteiger partial charge in [-0.2, -0.15) is 0 Å². The quantitative estimate of drug-likeness (QED) is 0.418. The molecule has 134 valence electrons. The molecule has 3 fully saturated rings. The maximum atomic E-state index is 6.03. The fourth-order valence-electron chi connectivity index (χ4n) is 3.83. The second-order valence-electron chi connectivity index (χ2n) is 7.11. The molecule has 5 nitrogen and oxygen atoms in total. The lowest BCUT2D eigenvalue weighted by Crippen LogP contribution is -2.48. The summed E-state index contributed by atoms with van der Waals surface area (Å²) >= 11 is 0. The Balaban J connectivity index is 0.00000192. The molecule has 3 aliphatic heterocycles. The van der Waals surface area contributed by atoms with Crippen molar-refractivity contribution in [2.75, 3.05) is 45.9 Å². The Morgan fingerprint density at radius 3 is 2.74 bits per heavy atom. The second kappa shape index (κ2) is 9.42. The van der Waals surface area contributed by atoms with Crippen LogP contribution in [0.1, 0.15) is 39.5 Å². The largest absolute Gasteiger partial charge is 0.373 e. The number of nitrogens with one attached hydrogen (secondary N) is 1. The van der Waals surface area contributed by atoms with E-state index in [1.165, 1.54) is 32.2 Å². The van der Waals surface area contributed by atoms with Gasteiger partial charge in [0.1, 0.15) is 0 Å². The molecule has 0 radical (unpaired) electrons. The summed E-state index contributed by atoms with van der Waals surface area (Å²) in [5, 5.41) is 3.46. The Bertz CT molecular complexity index is 385. The van der Waals surface area contributed by atoms with Crippen molar-refractivity contribution in [3.05, 3.63) is 0 Å². The Morgan fingerprint density at radius 1 is 1.22 bits per heavy atom. The van der Waals surface area contributed by atoms with E-state index in [1.54, 1.807) is 0 Å². The van der Waals surface area contributed by atoms with Crippen molar-refractivity contribution in [1.82, 2.24) is 15.1 Å². The van der Waals surface area contributed by atoms with Crippen molar-refractivity contribution in [2.45, 2.75) is 51.7 Å². The molecule has 3 rings (SSSR count). The molecule has 3 aliphatic rings. The van der Waals surface area contributed by atoms with Gasteiger partial charge in [-0.1, -0.05) is 6.92 Å². The predicted molar refractivity (Wildman–Crippen MR) is 106 cm³/mol. The van der Waals surface area contributed by atoms with E-state index in [0.29, 0.717) is 6.04 Å². The average molecular weight is 436 g/mol. The number of likely N-dealkylation sites (tertiary alicyclic amines) is 1. The van der Waals surface area contributed by atoms with Gasteiger partial charge in [-0.05, 0) is 45.1 Å². The van der Waals surface area contributed by atoms with Gasteiger partial charge in [-0.3, -0.25) is 9.89 Å². The molecule has 0 aromatic heterocycles. The SMILES string of the molecule is CCNC(=NCC1CN2CCCC2CO1)N1CCC(C)CC1.I. The van der Waals surface area contributed by atoms with Crippen molar-refractivity contribution in [3.63, 3.8) is 0 Å². The maximum absolute atomic E-state index is 6.03. The van der Waals surface area contributed by atoms with Gasteiger partial charge < -0.3 is 15.0 Å². The lowest BCUT2D eigenvalue weighted by atomic mass is 10.00. The smallest absolute Gasteiger partial charge is 0.194 e. The summed E-state index contributed by atoms with van der Waals surface area (Å²) in [7, 11) is 0. The molecule has 0 spiro atoms. The zero-order valence-corrected chi connectivity index (χ0v) is 17.0. The van der Waals surface area contributed by atoms with Crippen molar-refractivity contribution in [3.8, 4) is 0 Å². The van der Waals surface area contributed by atoms with Gasteiger partial charge in [0.15, 0.2) is 5.96 Å². The van der Waals surface area contributed by atoms with Gasteiger partial charge in [-0.15, -0.1) is 24.0 Å². The number of hydrogen-bond donors (Lipinski definition) is 1. The minimum Gasteiger partial charge on any atom is -0.373 e. The van der Waals surface area contributed by atoms with Crippen LogP contribution in [0.15, 0.2) is 4.99 Å². The van der Waals surface area contributed by atoms with E-state index >= 15 is 0 Å². The number of hydrogen-bond acceptors (Lipinski definition) is 3. The lowest BCUT2D eigenvalue weighted by molar-refractivity contribution is -0.0433. The average Bonchev–Trinajstić information content (AvgIpc) is 3.00. The third kappa shape index (κ3) is 5.19. The van der Waals surface area contributed by atoms with Gasteiger partial charge in [0.2, 0.25) is 0 Å². The van der Waals surface area contributed by atoms with Gasteiger partial charge in [0.05, 0.1) is 19.3 Å². The number of guanidine groups is 1. The first-order valence-electron chi connectivity index (χ1n) is 9.15. The molecule has 0 aromatic carbocycles. The zero-order chi connectivity index (χ0) is 15.4. The van der Waals surface area contributed by atoms with Crippen LogP contribution in [0.5, 0.6) is 0 Å². The number of ether oxygens (including phenoxy) is 1. The fourth-order valence-corrected chi connectivity index (χ4v) is 3.83. The predicted octanol–water partition coefficient (Wildman–Crippen LogP) is 2.17. The molecule has 0 saturated carbocycles. The molecule has 0 aromatic rings. The lowest BCUT2D eigenvalue weighted by Gasteiger charge is -2.35. The monoisotopic (exact) mass is 436 g/mol. The highest BCUT2D eigenvalue weighted by Gasteiger charge is 2.32. The standard InChI is InChI=1S/C17H32N4O.HI/c1-3-18-17(20-9-6-14(2)7-10-20)19-11-16-12-21-8-4-5-15(21)13-22-16;/h14-16H,3-13H2,1-2H3,(H,18,19);1H. The van der Waals surface area contributed by atoms with Crippen LogP contribution in [0.3, 0.4) is 0 Å². The molecule has 2 atom stereocenters. The number of nitrogens with zero attached hydrogens (tertiary/aromatic N) is 3. The van der Waals surface area contributed by atoms with E-state index in [9.17, 15) is 0 Å². The molecule has 1 N–H and O–H groups in total. The zero-order valence-electron chi connectivity index (χ0n) is 14.7. The minimum atomic E-state index is 0. The molecular weight excluding hydrogens is 403 g/mol. The van der Waals surface area contributed by atoms with Gasteiger partial charge >= 0.3 is 0 Å². The molecule has 0 aliphatic carbocycles. The van der Waals surface area contributed by atoms with Gasteiger partial charge in [0, 0.05) is 32.2 Å². The van der Waals surface area contributed by atoms with Crippen LogP contribution in [0.2, 0.25) is 0 Å². The Hall–Kier alpha value is -0.0800. The third-order valence-electron chi connectivity index (χ3n) is 5.32. The fraction of sp³-hybridized carbons (Fsp3) is 0.941. The first-order valence-corrected chi connectivity index (χ1v) is 9.15. The number of aliphatic imine (C=N–C) groups is 1. The second-order valence-corrected chi connectivity index (χ2v) is 7.11. The molecule has 2 unspecified atom stereocenters. The Morgan fingerprint density at radius 2 is 2.00 bits per heavy atom. The maximum Gasteiger partial charge on any atom is 0.194 e. The summed E-state index contributed by atoms with van der Waals surface area (Å²) in [5.74, 6) is 1.94. The van der Waals surface area contributed by atoms with Gasteiger partial charge in [0.25, 0.3) is 0 Å². The molecule has 0 bridgehead atoms. The van der Waals surface area contributed by atoms with Crippen LogP contribution in [0, 0.1) is 5.92 Å². The Kier molecular flexibility index (Phi) is 7.88. The Labute approximate surface area is 158 Å². The highest BCUT2D eigenvalue weighted by Crippen LogP contribution is 2.22. The summed E-state index contributed by atoms with van der Waals surface area (Å²) in [5.41, 5.74) is 0. The number of halogens is 1. The summed E-state index contributed by atoms with van der Waals surface area (Å²) < 4.78 is 6.03. The van der Waals surface area contributed by atoms with E-state index in [-0.39, 0.29) is 30.1 Å². The van der Waals surface area contributed by atoms with Crippen molar-refractivity contribution >= 4 is 29.9 Å². The van der Waals surface area contributed by atoms with Gasteiger partial charge in [-0.25, -0.2) is 0 Å². The first-order chi connectivity index (χ1) is 10.8. The van der Waals surface area contributed by atoms with Crippen LogP contribution >= 0.6 is 24.0 Å². The van der Waals surface area contributed by atoms with Crippen LogP contribution in [-0.4, -0.2) is 73.8 Å². The van der Waals surface area contributed by atoms with E-state index in [2.05, 4.69) is 29.0 Å². The van der Waals surface area contributed by atoms with Crippen molar-refractivity contribution in [1.29, 1.82) is 0 Å².